The van der Waals surface area contributed by atoms with Crippen molar-refractivity contribution in [3.63, 3.8) is 0 Å². The number of nitrogens with one attached hydrogen (secondary N) is 1. The maximum absolute atomic E-state index is 13.0. The zero-order chi connectivity index (χ0) is 26.8. The van der Waals surface area contributed by atoms with Gasteiger partial charge in [-0.15, -0.1) is 0 Å². The summed E-state index contributed by atoms with van der Waals surface area (Å²) in [6.07, 6.45) is -0.133. The third-order valence-corrected chi connectivity index (χ3v) is 8.39. The van der Waals surface area contributed by atoms with Gasteiger partial charge in [-0.2, -0.15) is 4.37 Å². The Morgan fingerprint density at radius 1 is 1.18 bits per heavy atom. The lowest BCUT2D eigenvalue weighted by molar-refractivity contribution is -0.119. The van der Waals surface area contributed by atoms with Gasteiger partial charge in [0, 0.05) is 55.6 Å². The molecule has 2 aliphatic heterocycles. The van der Waals surface area contributed by atoms with Crippen LogP contribution in [0.4, 0.5) is 16.3 Å². The number of aromatic nitrogens is 1. The predicted molar refractivity (Wildman–Crippen MR) is 153 cm³/mol. The van der Waals surface area contributed by atoms with Crippen LogP contribution in [0.25, 0.3) is 10.1 Å². The van der Waals surface area contributed by atoms with E-state index in [4.69, 9.17) is 20.7 Å². The molecule has 1 atom stereocenters. The summed E-state index contributed by atoms with van der Waals surface area (Å²) in [7, 11) is 0. The van der Waals surface area contributed by atoms with Gasteiger partial charge in [0.1, 0.15) is 5.82 Å². The van der Waals surface area contributed by atoms with E-state index in [9.17, 15) is 9.59 Å². The quantitative estimate of drug-likeness (QED) is 0.424. The maximum atomic E-state index is 13.0. The normalized spacial score (nSPS) is 16.8. The van der Waals surface area contributed by atoms with E-state index in [1.807, 2.05) is 26.8 Å². The van der Waals surface area contributed by atoms with Crippen LogP contribution in [0.3, 0.4) is 0 Å². The smallest absolute Gasteiger partial charge is 0.409 e. The van der Waals surface area contributed by atoms with Gasteiger partial charge in [-0.05, 0) is 54.2 Å². The van der Waals surface area contributed by atoms with Gasteiger partial charge >= 0.3 is 6.09 Å². The Labute approximate surface area is 232 Å². The van der Waals surface area contributed by atoms with Crippen LogP contribution < -0.4 is 15.1 Å². The number of alkyl carbamates (subject to hydrolysis) is 1. The molecule has 3 aromatic rings. The highest BCUT2D eigenvalue weighted by molar-refractivity contribution is 7.13. The van der Waals surface area contributed by atoms with E-state index in [-0.39, 0.29) is 18.2 Å². The van der Waals surface area contributed by atoms with Crippen molar-refractivity contribution in [2.75, 3.05) is 49.1 Å². The number of fused-ring (bicyclic) bond motifs is 2. The molecular weight excluding hydrogens is 522 g/mol. The fourth-order valence-corrected chi connectivity index (χ4v) is 6.27. The first kappa shape index (κ1) is 26.7. The van der Waals surface area contributed by atoms with Crippen molar-refractivity contribution in [3.05, 3.63) is 52.5 Å². The summed E-state index contributed by atoms with van der Waals surface area (Å²) in [5.74, 6) is 0.936. The number of hydrogen-bond donors (Lipinski definition) is 1. The number of nitrogens with zero attached hydrogens (tertiary/aromatic N) is 4. The molecule has 0 saturated carbocycles. The number of piperazine rings is 1. The Morgan fingerprint density at radius 2 is 1.95 bits per heavy atom. The van der Waals surface area contributed by atoms with Crippen LogP contribution in [-0.4, -0.2) is 66.8 Å². The van der Waals surface area contributed by atoms with E-state index < -0.39 is 12.3 Å². The van der Waals surface area contributed by atoms with E-state index in [0.29, 0.717) is 11.6 Å². The number of carbonyl (C=O) groups is 2. The fraction of sp³-hybridized carbons (Fsp3) is 0.464. The van der Waals surface area contributed by atoms with E-state index in [2.05, 4.69) is 45.4 Å². The van der Waals surface area contributed by atoms with Gasteiger partial charge in [-0.25, -0.2) is 4.79 Å². The number of amides is 2. The monoisotopic (exact) mass is 555 g/mol. The second-order valence-corrected chi connectivity index (χ2v) is 11.4. The average molecular weight is 556 g/mol. The molecule has 1 saturated heterocycles. The summed E-state index contributed by atoms with van der Waals surface area (Å²) >= 11 is 8.29. The van der Waals surface area contributed by atoms with Gasteiger partial charge < -0.3 is 15.0 Å². The molecule has 1 fully saturated rings. The Bertz CT molecular complexity index is 1320. The molecule has 2 aliphatic rings. The fourth-order valence-electron chi connectivity index (χ4n) is 5.22. The van der Waals surface area contributed by atoms with E-state index in [0.717, 1.165) is 61.8 Å². The van der Waals surface area contributed by atoms with Crippen molar-refractivity contribution in [1.82, 2.24) is 14.6 Å². The molecule has 1 N–H and O–H groups in total. The first-order valence-corrected chi connectivity index (χ1v) is 14.4. The highest BCUT2D eigenvalue weighted by Gasteiger charge is 2.37. The van der Waals surface area contributed by atoms with Gasteiger partial charge in [0.2, 0.25) is 5.91 Å². The van der Waals surface area contributed by atoms with Crippen LogP contribution in [-0.2, 0) is 22.4 Å². The van der Waals surface area contributed by atoms with Gasteiger partial charge in [-0.3, -0.25) is 14.6 Å². The number of ether oxygens (including phenoxy) is 1. The third kappa shape index (κ3) is 5.46. The van der Waals surface area contributed by atoms with Crippen LogP contribution in [0, 0.1) is 5.92 Å². The van der Waals surface area contributed by atoms with Crippen LogP contribution in [0.15, 0.2) is 36.4 Å². The molecule has 0 aliphatic carbocycles. The molecule has 10 heteroatoms. The molecule has 2 amide bonds. The molecule has 2 aromatic carbocycles. The maximum Gasteiger partial charge on any atom is 0.409 e. The molecule has 8 nitrogen and oxygen atoms in total. The molecule has 38 heavy (non-hydrogen) atoms. The number of halogens is 1. The molecule has 0 radical (unpaired) electrons. The minimum atomic E-state index is -0.691. The molecular formula is C28H34ClN5O3S. The molecule has 5 rings (SSSR count). The van der Waals surface area contributed by atoms with Gasteiger partial charge in [0.15, 0.2) is 6.23 Å². The molecule has 1 unspecified atom stereocenters. The van der Waals surface area contributed by atoms with Crippen LogP contribution in [0.5, 0.6) is 0 Å². The largest absolute Gasteiger partial charge is 0.425 e. The Hall–Kier alpha value is -2.88. The lowest BCUT2D eigenvalue weighted by Gasteiger charge is -2.35. The van der Waals surface area contributed by atoms with Crippen molar-refractivity contribution in [1.29, 1.82) is 0 Å². The lowest BCUT2D eigenvalue weighted by Crippen LogP contribution is -2.47. The van der Waals surface area contributed by atoms with E-state index in [1.165, 1.54) is 10.1 Å². The second kappa shape index (κ2) is 11.5. The van der Waals surface area contributed by atoms with E-state index >= 15 is 0 Å². The van der Waals surface area contributed by atoms with Crippen molar-refractivity contribution >= 4 is 56.7 Å². The summed E-state index contributed by atoms with van der Waals surface area (Å²) in [5, 5.41) is 4.51. The highest BCUT2D eigenvalue weighted by atomic mass is 35.5. The minimum Gasteiger partial charge on any atom is -0.425 e. The Kier molecular flexibility index (Phi) is 8.07. The van der Waals surface area contributed by atoms with Gasteiger partial charge in [0.05, 0.1) is 16.8 Å². The Balaban J connectivity index is 1.22. The Morgan fingerprint density at radius 3 is 2.68 bits per heavy atom. The van der Waals surface area contributed by atoms with Gasteiger partial charge in [-0.1, -0.05) is 43.6 Å². The number of hydrogen-bond acceptors (Lipinski definition) is 7. The predicted octanol–water partition coefficient (Wildman–Crippen LogP) is 4.93. The van der Waals surface area contributed by atoms with Crippen LogP contribution in [0.2, 0.25) is 5.02 Å². The highest BCUT2D eigenvalue weighted by Crippen LogP contribution is 2.37. The van der Waals surface area contributed by atoms with Crippen molar-refractivity contribution in [3.8, 4) is 0 Å². The molecule has 3 heterocycles. The topological polar surface area (TPSA) is 78.0 Å². The summed E-state index contributed by atoms with van der Waals surface area (Å²) in [4.78, 5) is 31.6. The second-order valence-electron chi connectivity index (χ2n) is 10.2. The van der Waals surface area contributed by atoms with Crippen molar-refractivity contribution < 1.29 is 14.3 Å². The SMILES string of the molecule is CCNC(=O)OC(C(C)C)N1C(=O)Cc2cc(CCN3CCN(c4nsc5ccccc45)CC3)c(Cl)cc21. The standard InChI is InChI=1S/C28H34ClN5O3S/c1-4-30-28(36)37-27(18(2)3)34-23-17-22(29)19(15-20(23)16-25(34)35)9-10-32-11-13-33(14-12-32)26-21-7-5-6-8-24(21)38-31-26/h5-8,15,17-18,27H,4,9-14,16H2,1-3H3,(H,30,36). The lowest BCUT2D eigenvalue weighted by atomic mass is 10.0. The minimum absolute atomic E-state index is 0.0769. The molecule has 202 valence electrons. The molecule has 1 aromatic heterocycles. The van der Waals surface area contributed by atoms with Gasteiger partial charge in [0.25, 0.3) is 0 Å². The number of anilines is 2. The van der Waals surface area contributed by atoms with Crippen molar-refractivity contribution in [2.24, 2.45) is 5.92 Å². The van der Waals surface area contributed by atoms with Crippen LogP contribution in [0.1, 0.15) is 31.9 Å². The van der Waals surface area contributed by atoms with Crippen molar-refractivity contribution in [2.45, 2.75) is 39.8 Å². The first-order valence-electron chi connectivity index (χ1n) is 13.2. The zero-order valence-corrected chi connectivity index (χ0v) is 23.6. The molecule has 0 spiro atoms. The van der Waals surface area contributed by atoms with E-state index in [1.54, 1.807) is 16.4 Å². The number of benzene rings is 2. The first-order chi connectivity index (χ1) is 18.4. The summed E-state index contributed by atoms with van der Waals surface area (Å²) in [5.41, 5.74) is 2.70. The summed E-state index contributed by atoms with van der Waals surface area (Å²) in [6.45, 7) is 10.9. The summed E-state index contributed by atoms with van der Waals surface area (Å²) < 4.78 is 11.6. The summed E-state index contributed by atoms with van der Waals surface area (Å²) in [6, 6.07) is 12.3. The average Bonchev–Trinajstić information content (AvgIpc) is 3.46. The third-order valence-electron chi connectivity index (χ3n) is 7.22. The zero-order valence-electron chi connectivity index (χ0n) is 22.1. The number of carbonyl (C=O) groups excluding carboxylic acids is 2. The number of rotatable bonds is 8. The molecule has 0 bridgehead atoms. The van der Waals surface area contributed by atoms with Crippen LogP contribution >= 0.6 is 23.1 Å².